The molecule has 0 aliphatic heterocycles. The molecule has 5 nitrogen and oxygen atoms in total. The molecule has 0 saturated heterocycles. The van der Waals surface area contributed by atoms with Crippen molar-refractivity contribution in [1.82, 2.24) is 10.2 Å². The summed E-state index contributed by atoms with van der Waals surface area (Å²) < 4.78 is 6.02. The van der Waals surface area contributed by atoms with Crippen LogP contribution in [0.3, 0.4) is 0 Å². The van der Waals surface area contributed by atoms with Gasteiger partial charge in [-0.2, -0.15) is 0 Å². The Hall–Kier alpha value is -3.31. The van der Waals surface area contributed by atoms with Gasteiger partial charge in [0, 0.05) is 24.5 Å². The number of carbonyl (C=O) groups is 2. The minimum Gasteiger partial charge on any atom is -0.483 e. The zero-order valence-corrected chi connectivity index (χ0v) is 22.0. The molecule has 36 heavy (non-hydrogen) atoms. The molecular formula is C30H35ClN2O3. The number of benzene rings is 3. The van der Waals surface area contributed by atoms with E-state index in [2.05, 4.69) is 19.2 Å². The molecule has 3 aromatic rings. The predicted molar refractivity (Wildman–Crippen MR) is 145 cm³/mol. The van der Waals surface area contributed by atoms with E-state index in [1.54, 1.807) is 17.0 Å². The molecule has 2 amide bonds. The van der Waals surface area contributed by atoms with E-state index in [1.807, 2.05) is 73.7 Å². The first-order chi connectivity index (χ1) is 17.4. The van der Waals surface area contributed by atoms with Crippen LogP contribution in [0.2, 0.25) is 5.02 Å². The van der Waals surface area contributed by atoms with Gasteiger partial charge in [0.2, 0.25) is 5.91 Å². The summed E-state index contributed by atoms with van der Waals surface area (Å²) in [6.45, 7) is 6.83. The molecule has 0 saturated carbocycles. The Morgan fingerprint density at radius 3 is 2.25 bits per heavy atom. The fraction of sp³-hybridized carbons (Fsp3) is 0.333. The van der Waals surface area contributed by atoms with Gasteiger partial charge in [-0.15, -0.1) is 0 Å². The van der Waals surface area contributed by atoms with Crippen molar-refractivity contribution in [2.24, 2.45) is 0 Å². The first-order valence-electron chi connectivity index (χ1n) is 12.5. The Morgan fingerprint density at radius 1 is 0.917 bits per heavy atom. The van der Waals surface area contributed by atoms with Gasteiger partial charge in [0.1, 0.15) is 11.8 Å². The second-order valence-electron chi connectivity index (χ2n) is 9.13. The number of hydrogen-bond donors (Lipinski definition) is 1. The van der Waals surface area contributed by atoms with Gasteiger partial charge < -0.3 is 15.0 Å². The third-order valence-electron chi connectivity index (χ3n) is 5.98. The van der Waals surface area contributed by atoms with E-state index >= 15 is 0 Å². The van der Waals surface area contributed by atoms with Gasteiger partial charge in [-0.25, -0.2) is 0 Å². The van der Waals surface area contributed by atoms with E-state index in [1.165, 1.54) is 0 Å². The van der Waals surface area contributed by atoms with E-state index in [0.717, 1.165) is 23.1 Å². The molecule has 0 fully saturated rings. The Morgan fingerprint density at radius 2 is 1.58 bits per heavy atom. The van der Waals surface area contributed by atoms with Crippen molar-refractivity contribution in [1.29, 1.82) is 0 Å². The molecule has 3 rings (SSSR count). The normalized spacial score (nSPS) is 11.7. The third-order valence-corrected chi connectivity index (χ3v) is 6.23. The highest BCUT2D eigenvalue weighted by atomic mass is 35.5. The maximum absolute atomic E-state index is 13.7. The molecule has 0 unspecified atom stereocenters. The smallest absolute Gasteiger partial charge is 0.261 e. The van der Waals surface area contributed by atoms with Crippen molar-refractivity contribution in [3.05, 3.63) is 101 Å². The van der Waals surface area contributed by atoms with Gasteiger partial charge in [-0.3, -0.25) is 9.59 Å². The number of nitrogens with zero attached hydrogens (tertiary/aromatic N) is 1. The van der Waals surface area contributed by atoms with Crippen molar-refractivity contribution >= 4 is 23.4 Å². The number of halogens is 1. The largest absolute Gasteiger partial charge is 0.483 e. The molecule has 3 aromatic carbocycles. The van der Waals surface area contributed by atoms with Gasteiger partial charge in [-0.1, -0.05) is 93.0 Å². The van der Waals surface area contributed by atoms with Crippen molar-refractivity contribution < 1.29 is 14.3 Å². The zero-order valence-electron chi connectivity index (χ0n) is 21.2. The Balaban J connectivity index is 1.90. The topological polar surface area (TPSA) is 58.6 Å². The lowest BCUT2D eigenvalue weighted by Gasteiger charge is -2.31. The number of hydrogen-bond acceptors (Lipinski definition) is 3. The van der Waals surface area contributed by atoms with E-state index in [0.29, 0.717) is 23.7 Å². The van der Waals surface area contributed by atoms with Crippen LogP contribution >= 0.6 is 11.6 Å². The fourth-order valence-corrected chi connectivity index (χ4v) is 4.14. The third kappa shape index (κ3) is 7.85. The highest BCUT2D eigenvalue weighted by molar-refractivity contribution is 6.30. The maximum Gasteiger partial charge on any atom is 0.261 e. The minimum atomic E-state index is -0.689. The maximum atomic E-state index is 13.7. The second kappa shape index (κ2) is 13.7. The van der Waals surface area contributed by atoms with E-state index in [-0.39, 0.29) is 30.9 Å². The average Bonchev–Trinajstić information content (AvgIpc) is 2.89. The van der Waals surface area contributed by atoms with Crippen LogP contribution in [0.5, 0.6) is 5.75 Å². The fourth-order valence-electron chi connectivity index (χ4n) is 4.02. The monoisotopic (exact) mass is 506 g/mol. The van der Waals surface area contributed by atoms with Gasteiger partial charge in [0.05, 0.1) is 0 Å². The number of rotatable bonds is 12. The van der Waals surface area contributed by atoms with E-state index in [4.69, 9.17) is 16.3 Å². The van der Waals surface area contributed by atoms with Gasteiger partial charge >= 0.3 is 0 Å². The number of ether oxygens (including phenoxy) is 1. The van der Waals surface area contributed by atoms with Gasteiger partial charge in [0.15, 0.2) is 6.61 Å². The van der Waals surface area contributed by atoms with Crippen LogP contribution in [0.4, 0.5) is 0 Å². The zero-order chi connectivity index (χ0) is 25.9. The van der Waals surface area contributed by atoms with Crippen LogP contribution in [0.25, 0.3) is 0 Å². The van der Waals surface area contributed by atoms with E-state index < -0.39 is 6.04 Å². The van der Waals surface area contributed by atoms with Crippen molar-refractivity contribution in [2.45, 2.75) is 52.1 Å². The first-order valence-corrected chi connectivity index (χ1v) is 12.8. The molecule has 0 aliphatic rings. The summed E-state index contributed by atoms with van der Waals surface area (Å²) in [6.07, 6.45) is 1.21. The molecule has 0 aliphatic carbocycles. The SMILES string of the molecule is CCCNC(=O)[C@H](Cc1ccccc1)N(Cc1ccc(Cl)cc1)C(=O)COc1ccccc1C(C)C. The molecule has 190 valence electrons. The molecule has 0 radical (unpaired) electrons. The molecule has 0 heterocycles. The van der Waals surface area contributed by atoms with Crippen molar-refractivity contribution in [3.63, 3.8) is 0 Å². The molecule has 1 N–H and O–H groups in total. The lowest BCUT2D eigenvalue weighted by Crippen LogP contribution is -2.51. The van der Waals surface area contributed by atoms with Gasteiger partial charge in [-0.05, 0) is 47.2 Å². The molecule has 0 bridgehead atoms. The summed E-state index contributed by atoms with van der Waals surface area (Å²) in [5.74, 6) is 0.510. The summed E-state index contributed by atoms with van der Waals surface area (Å²) >= 11 is 6.08. The predicted octanol–water partition coefficient (Wildman–Crippen LogP) is 6.01. The van der Waals surface area contributed by atoms with Crippen molar-refractivity contribution in [3.8, 4) is 5.75 Å². The molecular weight excluding hydrogens is 472 g/mol. The number of amides is 2. The molecule has 1 atom stereocenters. The van der Waals surface area contributed by atoms with Crippen LogP contribution < -0.4 is 10.1 Å². The molecule has 0 aromatic heterocycles. The number of nitrogens with one attached hydrogen (secondary N) is 1. The standard InChI is InChI=1S/C30H35ClN2O3/c1-4-18-32-30(35)27(19-23-10-6-5-7-11-23)33(20-24-14-16-25(31)17-15-24)29(34)21-36-28-13-9-8-12-26(28)22(2)3/h5-17,22,27H,4,18-21H2,1-3H3,(H,32,35)/t27-/m0/s1. The van der Waals surface area contributed by atoms with Crippen molar-refractivity contribution in [2.75, 3.05) is 13.2 Å². The van der Waals surface area contributed by atoms with E-state index in [9.17, 15) is 9.59 Å². The minimum absolute atomic E-state index is 0.163. The second-order valence-corrected chi connectivity index (χ2v) is 9.56. The first kappa shape index (κ1) is 27.3. The molecule has 6 heteroatoms. The Kier molecular flexibility index (Phi) is 10.4. The van der Waals surface area contributed by atoms with Crippen LogP contribution in [-0.2, 0) is 22.6 Å². The quantitative estimate of drug-likeness (QED) is 0.327. The summed E-state index contributed by atoms with van der Waals surface area (Å²) in [4.78, 5) is 28.6. The number of para-hydroxylation sites is 1. The summed E-state index contributed by atoms with van der Waals surface area (Å²) in [6, 6.07) is 24.1. The number of carbonyl (C=O) groups excluding carboxylic acids is 2. The Bertz CT molecular complexity index is 1120. The summed E-state index contributed by atoms with van der Waals surface area (Å²) in [7, 11) is 0. The lowest BCUT2D eigenvalue weighted by molar-refractivity contribution is -0.142. The molecule has 0 spiro atoms. The van der Waals surface area contributed by atoms with Crippen LogP contribution in [0.1, 0.15) is 49.8 Å². The highest BCUT2D eigenvalue weighted by Crippen LogP contribution is 2.26. The summed E-state index contributed by atoms with van der Waals surface area (Å²) in [5.41, 5.74) is 2.90. The average molecular weight is 507 g/mol. The lowest BCUT2D eigenvalue weighted by atomic mass is 10.0. The van der Waals surface area contributed by atoms with Gasteiger partial charge in [0.25, 0.3) is 5.91 Å². The Labute approximate surface area is 219 Å². The van der Waals surface area contributed by atoms with Crippen LogP contribution in [-0.4, -0.2) is 35.9 Å². The summed E-state index contributed by atoms with van der Waals surface area (Å²) in [5, 5.41) is 3.60. The highest BCUT2D eigenvalue weighted by Gasteiger charge is 2.30. The van der Waals surface area contributed by atoms with Crippen LogP contribution in [0.15, 0.2) is 78.9 Å². The van der Waals surface area contributed by atoms with Crippen LogP contribution in [0, 0.1) is 0 Å².